The van der Waals surface area contributed by atoms with Crippen LogP contribution >= 0.6 is 24.0 Å². The molecule has 0 aliphatic carbocycles. The van der Waals surface area contributed by atoms with Gasteiger partial charge in [0.2, 0.25) is 5.89 Å². The molecule has 0 bridgehead atoms. The highest BCUT2D eigenvalue weighted by atomic mass is 127. The maximum Gasteiger partial charge on any atom is 0.248 e. The number of piperazine rings is 1. The Labute approximate surface area is 177 Å². The predicted molar refractivity (Wildman–Crippen MR) is 116 cm³/mol. The van der Waals surface area contributed by atoms with E-state index in [2.05, 4.69) is 43.2 Å². The van der Waals surface area contributed by atoms with Crippen molar-refractivity contribution in [1.29, 1.82) is 0 Å². The maximum atomic E-state index is 5.49. The van der Waals surface area contributed by atoms with Crippen LogP contribution in [0, 0.1) is 6.92 Å². The summed E-state index contributed by atoms with van der Waals surface area (Å²) < 4.78 is 10.6. The SMILES string of the molecule is CCNC(=NCc1nc(C)no1)N1CCN(c2ccccc2OC)CC1.I. The summed E-state index contributed by atoms with van der Waals surface area (Å²) in [6.45, 7) is 8.65. The minimum atomic E-state index is 0. The smallest absolute Gasteiger partial charge is 0.248 e. The molecule has 148 valence electrons. The first kappa shape index (κ1) is 21.3. The standard InChI is InChI=1S/C18H26N6O2.HI/c1-4-19-18(20-13-17-21-14(2)22-26-17)24-11-9-23(10-12-24)15-7-5-6-8-16(15)25-3;/h5-8H,4,9-13H2,1-3H3,(H,19,20);1H. The number of hydrogen-bond acceptors (Lipinski definition) is 6. The van der Waals surface area contributed by atoms with E-state index in [1.165, 1.54) is 0 Å². The predicted octanol–water partition coefficient (Wildman–Crippen LogP) is 2.29. The first-order valence-corrected chi connectivity index (χ1v) is 8.91. The second-order valence-corrected chi connectivity index (χ2v) is 6.05. The summed E-state index contributed by atoms with van der Waals surface area (Å²) in [6, 6.07) is 8.14. The number of halogens is 1. The maximum absolute atomic E-state index is 5.49. The zero-order chi connectivity index (χ0) is 18.4. The van der Waals surface area contributed by atoms with Gasteiger partial charge in [-0.2, -0.15) is 4.98 Å². The Kier molecular flexibility index (Phi) is 8.14. The van der Waals surface area contributed by atoms with Crippen LogP contribution in [0.4, 0.5) is 5.69 Å². The first-order valence-electron chi connectivity index (χ1n) is 8.91. The van der Waals surface area contributed by atoms with E-state index in [1.807, 2.05) is 18.2 Å². The lowest BCUT2D eigenvalue weighted by Gasteiger charge is -2.38. The molecule has 1 aromatic carbocycles. The van der Waals surface area contributed by atoms with Crippen LogP contribution in [0.25, 0.3) is 0 Å². The van der Waals surface area contributed by atoms with Gasteiger partial charge in [-0.05, 0) is 26.0 Å². The molecule has 0 spiro atoms. The lowest BCUT2D eigenvalue weighted by atomic mass is 10.2. The van der Waals surface area contributed by atoms with Crippen LogP contribution in [0.1, 0.15) is 18.6 Å². The number of ether oxygens (including phenoxy) is 1. The van der Waals surface area contributed by atoms with Crippen molar-refractivity contribution in [3.63, 3.8) is 0 Å². The Morgan fingerprint density at radius 2 is 2.00 bits per heavy atom. The van der Waals surface area contributed by atoms with Crippen LogP contribution in [0.2, 0.25) is 0 Å². The van der Waals surface area contributed by atoms with Crippen molar-refractivity contribution in [3.05, 3.63) is 36.0 Å². The van der Waals surface area contributed by atoms with Gasteiger partial charge in [-0.15, -0.1) is 24.0 Å². The third-order valence-electron chi connectivity index (χ3n) is 4.27. The monoisotopic (exact) mass is 486 g/mol. The lowest BCUT2D eigenvalue weighted by molar-refractivity contribution is 0.360. The first-order chi connectivity index (χ1) is 12.7. The van der Waals surface area contributed by atoms with Gasteiger partial charge in [0.25, 0.3) is 0 Å². The molecule has 3 rings (SSSR count). The number of para-hydroxylation sites is 2. The number of benzene rings is 1. The Balaban J connectivity index is 0.00000261. The molecule has 0 radical (unpaired) electrons. The fourth-order valence-corrected chi connectivity index (χ4v) is 3.02. The van der Waals surface area contributed by atoms with E-state index >= 15 is 0 Å². The molecule has 0 atom stereocenters. The van der Waals surface area contributed by atoms with Crippen LogP contribution in [-0.2, 0) is 6.54 Å². The Morgan fingerprint density at radius 3 is 2.63 bits per heavy atom. The zero-order valence-corrected chi connectivity index (χ0v) is 18.3. The van der Waals surface area contributed by atoms with Gasteiger partial charge in [-0.25, -0.2) is 4.99 Å². The fraction of sp³-hybridized carbons (Fsp3) is 0.500. The highest BCUT2D eigenvalue weighted by molar-refractivity contribution is 14.0. The van der Waals surface area contributed by atoms with Crippen molar-refractivity contribution in [2.45, 2.75) is 20.4 Å². The fourth-order valence-electron chi connectivity index (χ4n) is 3.02. The molecular formula is C18H27IN6O2. The van der Waals surface area contributed by atoms with Crippen molar-refractivity contribution in [3.8, 4) is 5.75 Å². The number of anilines is 1. The Bertz CT molecular complexity index is 743. The molecule has 0 amide bonds. The molecule has 1 aliphatic rings. The number of aryl methyl sites for hydroxylation is 1. The van der Waals surface area contributed by atoms with E-state index in [4.69, 9.17) is 9.26 Å². The number of aliphatic imine (C=N–C) groups is 1. The minimum Gasteiger partial charge on any atom is -0.495 e. The van der Waals surface area contributed by atoms with Crippen molar-refractivity contribution < 1.29 is 9.26 Å². The van der Waals surface area contributed by atoms with Crippen LogP contribution in [0.15, 0.2) is 33.8 Å². The lowest BCUT2D eigenvalue weighted by Crippen LogP contribution is -2.52. The van der Waals surface area contributed by atoms with Crippen molar-refractivity contribution >= 4 is 35.6 Å². The number of guanidine groups is 1. The summed E-state index contributed by atoms with van der Waals surface area (Å²) >= 11 is 0. The van der Waals surface area contributed by atoms with Crippen molar-refractivity contribution in [1.82, 2.24) is 20.4 Å². The van der Waals surface area contributed by atoms with Crippen LogP contribution in [0.3, 0.4) is 0 Å². The van der Waals surface area contributed by atoms with Gasteiger partial charge in [0, 0.05) is 32.7 Å². The number of nitrogens with zero attached hydrogens (tertiary/aromatic N) is 5. The van der Waals surface area contributed by atoms with E-state index in [0.717, 1.165) is 50.1 Å². The molecule has 8 nitrogen and oxygen atoms in total. The van der Waals surface area contributed by atoms with Crippen LogP contribution in [-0.4, -0.2) is 60.8 Å². The number of methoxy groups -OCH3 is 1. The molecule has 0 saturated carbocycles. The van der Waals surface area contributed by atoms with E-state index in [9.17, 15) is 0 Å². The topological polar surface area (TPSA) is 79.0 Å². The van der Waals surface area contributed by atoms with Crippen LogP contribution < -0.4 is 15.0 Å². The summed E-state index contributed by atoms with van der Waals surface area (Å²) in [5.74, 6) is 2.95. The van der Waals surface area contributed by atoms with Gasteiger partial charge in [0.1, 0.15) is 12.3 Å². The van der Waals surface area contributed by atoms with Crippen molar-refractivity contribution in [2.24, 2.45) is 4.99 Å². The summed E-state index contributed by atoms with van der Waals surface area (Å²) in [5, 5.41) is 7.15. The largest absolute Gasteiger partial charge is 0.495 e. The molecule has 2 heterocycles. The summed E-state index contributed by atoms with van der Waals surface area (Å²) in [6.07, 6.45) is 0. The van der Waals surface area contributed by atoms with Gasteiger partial charge >= 0.3 is 0 Å². The summed E-state index contributed by atoms with van der Waals surface area (Å²) in [4.78, 5) is 13.5. The molecule has 1 saturated heterocycles. The van der Waals surface area contributed by atoms with Crippen molar-refractivity contribution in [2.75, 3.05) is 44.7 Å². The van der Waals surface area contributed by atoms with Crippen LogP contribution in [0.5, 0.6) is 5.75 Å². The molecule has 1 aromatic heterocycles. The number of hydrogen-bond donors (Lipinski definition) is 1. The molecular weight excluding hydrogens is 459 g/mol. The third kappa shape index (κ3) is 5.47. The second-order valence-electron chi connectivity index (χ2n) is 6.05. The average Bonchev–Trinajstić information content (AvgIpc) is 3.10. The highest BCUT2D eigenvalue weighted by Crippen LogP contribution is 2.28. The average molecular weight is 486 g/mol. The van der Waals surface area contributed by atoms with Gasteiger partial charge in [0.15, 0.2) is 11.8 Å². The summed E-state index contributed by atoms with van der Waals surface area (Å²) in [7, 11) is 1.71. The quantitative estimate of drug-likeness (QED) is 0.395. The summed E-state index contributed by atoms with van der Waals surface area (Å²) in [5.41, 5.74) is 1.14. The minimum absolute atomic E-state index is 0. The molecule has 27 heavy (non-hydrogen) atoms. The van der Waals surface area contributed by atoms with E-state index in [1.54, 1.807) is 14.0 Å². The highest BCUT2D eigenvalue weighted by Gasteiger charge is 2.21. The Morgan fingerprint density at radius 1 is 1.26 bits per heavy atom. The Hall–Kier alpha value is -2.04. The van der Waals surface area contributed by atoms with E-state index in [0.29, 0.717) is 18.3 Å². The number of nitrogens with one attached hydrogen (secondary N) is 1. The molecule has 1 aliphatic heterocycles. The van der Waals surface area contributed by atoms with Gasteiger partial charge in [-0.3, -0.25) is 0 Å². The molecule has 1 N–H and O–H groups in total. The molecule has 2 aromatic rings. The molecule has 0 unspecified atom stereocenters. The molecule has 1 fully saturated rings. The van der Waals surface area contributed by atoms with Gasteiger partial charge < -0.3 is 24.4 Å². The van der Waals surface area contributed by atoms with Gasteiger partial charge in [0.05, 0.1) is 12.8 Å². The normalized spacial score (nSPS) is 14.7. The zero-order valence-electron chi connectivity index (χ0n) is 16.0. The van der Waals surface area contributed by atoms with E-state index in [-0.39, 0.29) is 24.0 Å². The van der Waals surface area contributed by atoms with E-state index < -0.39 is 0 Å². The van der Waals surface area contributed by atoms with Gasteiger partial charge in [-0.1, -0.05) is 17.3 Å². The third-order valence-corrected chi connectivity index (χ3v) is 4.27. The number of aromatic nitrogens is 2. The second kappa shape index (κ2) is 10.3. The molecule has 9 heteroatoms. The number of rotatable bonds is 5.